The van der Waals surface area contributed by atoms with Crippen LogP contribution in [0.4, 0.5) is 0 Å². The molecule has 0 N–H and O–H groups in total. The lowest BCUT2D eigenvalue weighted by atomic mass is 9.93. The van der Waals surface area contributed by atoms with Gasteiger partial charge in [-0.2, -0.15) is 0 Å². The number of rotatable bonds is 2. The molecule has 1 aliphatic rings. The second kappa shape index (κ2) is 4.59. The van der Waals surface area contributed by atoms with Gasteiger partial charge in [-0.3, -0.25) is 9.69 Å². The number of hydrogen-bond acceptors (Lipinski definition) is 3. The van der Waals surface area contributed by atoms with Gasteiger partial charge in [0.1, 0.15) is 11.1 Å². The minimum absolute atomic E-state index is 0.171. The minimum atomic E-state index is -0.608. The third-order valence-corrected chi connectivity index (χ3v) is 3.51. The van der Waals surface area contributed by atoms with Gasteiger partial charge < -0.3 is 4.74 Å². The van der Waals surface area contributed by atoms with Crippen LogP contribution in [0, 0.1) is 12.3 Å². The summed E-state index contributed by atoms with van der Waals surface area (Å²) in [6.45, 7) is 12.4. The van der Waals surface area contributed by atoms with Crippen LogP contribution < -0.4 is 0 Å². The molecule has 3 nitrogen and oxygen atoms in total. The number of terminal acetylenes is 1. The summed E-state index contributed by atoms with van der Waals surface area (Å²) in [6, 6.07) is 0. The number of esters is 1. The lowest BCUT2D eigenvalue weighted by Gasteiger charge is -2.42. The summed E-state index contributed by atoms with van der Waals surface area (Å²) in [4.78, 5) is 14.5. The van der Waals surface area contributed by atoms with Gasteiger partial charge in [0.25, 0.3) is 0 Å². The Kier molecular flexibility index (Phi) is 3.83. The molecule has 0 amide bonds. The smallest absolute Gasteiger partial charge is 0.326 e. The van der Waals surface area contributed by atoms with Crippen LogP contribution in [-0.4, -0.2) is 34.1 Å². The predicted molar refractivity (Wildman–Crippen MR) is 73.1 cm³/mol. The van der Waals surface area contributed by atoms with Crippen molar-refractivity contribution in [1.82, 2.24) is 4.90 Å². The quantitative estimate of drug-likeness (QED) is 0.558. The Morgan fingerprint density at radius 3 is 2.33 bits per heavy atom. The number of likely N-dealkylation sites (tertiary alicyclic amines) is 1. The van der Waals surface area contributed by atoms with Crippen molar-refractivity contribution in [2.24, 2.45) is 0 Å². The number of ether oxygens (including phenoxy) is 1. The topological polar surface area (TPSA) is 29.5 Å². The van der Waals surface area contributed by atoms with Gasteiger partial charge in [-0.1, -0.05) is 5.92 Å². The molecule has 3 heteroatoms. The van der Waals surface area contributed by atoms with E-state index in [9.17, 15) is 4.79 Å². The number of nitrogens with zero attached hydrogens (tertiary/aromatic N) is 1. The third kappa shape index (κ3) is 2.87. The summed E-state index contributed by atoms with van der Waals surface area (Å²) in [5.74, 6) is 2.60. The van der Waals surface area contributed by atoms with Crippen LogP contribution in [0.15, 0.2) is 0 Å². The minimum Gasteiger partial charge on any atom is -0.459 e. The van der Waals surface area contributed by atoms with E-state index in [0.29, 0.717) is 0 Å². The van der Waals surface area contributed by atoms with Crippen molar-refractivity contribution in [3.05, 3.63) is 0 Å². The van der Waals surface area contributed by atoms with Gasteiger partial charge in [-0.05, 0) is 54.4 Å². The van der Waals surface area contributed by atoms with Crippen molar-refractivity contribution >= 4 is 5.97 Å². The van der Waals surface area contributed by atoms with Gasteiger partial charge in [-0.25, -0.2) is 0 Å². The summed E-state index contributed by atoms with van der Waals surface area (Å²) >= 11 is 0. The van der Waals surface area contributed by atoms with Crippen molar-refractivity contribution in [3.63, 3.8) is 0 Å². The SMILES string of the molecule is C#CC(C)(C)N1CCCC1(C)C(=O)OC(C)(C)C. The second-order valence-electron chi connectivity index (χ2n) is 6.73. The Morgan fingerprint density at radius 2 is 1.89 bits per heavy atom. The molecule has 0 bridgehead atoms. The second-order valence-corrected chi connectivity index (χ2v) is 6.73. The fraction of sp³-hybridized carbons (Fsp3) is 0.800. The lowest BCUT2D eigenvalue weighted by molar-refractivity contribution is -0.169. The van der Waals surface area contributed by atoms with E-state index in [1.165, 1.54) is 0 Å². The molecule has 18 heavy (non-hydrogen) atoms. The molecule has 0 aliphatic carbocycles. The highest BCUT2D eigenvalue weighted by molar-refractivity contribution is 5.81. The molecule has 0 saturated carbocycles. The molecule has 1 rings (SSSR count). The zero-order chi connectivity index (χ0) is 14.2. The molecule has 0 aromatic rings. The van der Waals surface area contributed by atoms with Crippen molar-refractivity contribution < 1.29 is 9.53 Å². The van der Waals surface area contributed by atoms with E-state index >= 15 is 0 Å². The average molecular weight is 251 g/mol. The van der Waals surface area contributed by atoms with Crippen LogP contribution in [0.5, 0.6) is 0 Å². The van der Waals surface area contributed by atoms with Gasteiger partial charge in [0.05, 0.1) is 5.54 Å². The van der Waals surface area contributed by atoms with Gasteiger partial charge in [0.15, 0.2) is 0 Å². The zero-order valence-electron chi connectivity index (χ0n) is 12.5. The molecule has 0 aromatic heterocycles. The molecule has 1 heterocycles. The molecule has 1 saturated heterocycles. The van der Waals surface area contributed by atoms with Crippen molar-refractivity contribution in [2.75, 3.05) is 6.54 Å². The first-order valence-electron chi connectivity index (χ1n) is 6.52. The van der Waals surface area contributed by atoms with Crippen LogP contribution in [0.3, 0.4) is 0 Å². The first kappa shape index (κ1) is 15.0. The Balaban J connectivity index is 2.98. The van der Waals surface area contributed by atoms with Crippen LogP contribution in [0.25, 0.3) is 0 Å². The van der Waals surface area contributed by atoms with E-state index in [-0.39, 0.29) is 5.97 Å². The van der Waals surface area contributed by atoms with Gasteiger partial charge in [-0.15, -0.1) is 6.42 Å². The van der Waals surface area contributed by atoms with Crippen LogP contribution in [0.1, 0.15) is 54.4 Å². The maximum Gasteiger partial charge on any atom is 0.326 e. The summed E-state index contributed by atoms with van der Waals surface area (Å²) in [5, 5.41) is 0. The van der Waals surface area contributed by atoms with Crippen LogP contribution >= 0.6 is 0 Å². The van der Waals surface area contributed by atoms with Crippen LogP contribution in [-0.2, 0) is 9.53 Å². The number of carbonyl (C=O) groups is 1. The van der Waals surface area contributed by atoms with E-state index in [2.05, 4.69) is 10.8 Å². The molecule has 1 aliphatic heterocycles. The standard InChI is InChI=1S/C15H25NO2/c1-8-14(5,6)16-11-9-10-15(16,7)12(17)18-13(2,3)4/h1H,9-11H2,2-7H3. The summed E-state index contributed by atoms with van der Waals surface area (Å²) in [5.41, 5.74) is -1.50. The van der Waals surface area contributed by atoms with Crippen molar-refractivity contribution in [1.29, 1.82) is 0 Å². The molecule has 0 radical (unpaired) electrons. The van der Waals surface area contributed by atoms with Crippen LogP contribution in [0.2, 0.25) is 0 Å². The zero-order valence-corrected chi connectivity index (χ0v) is 12.5. The van der Waals surface area contributed by atoms with E-state index in [4.69, 9.17) is 11.2 Å². The summed E-state index contributed by atoms with van der Waals surface area (Å²) in [6.07, 6.45) is 7.36. The highest BCUT2D eigenvalue weighted by Crippen LogP contribution is 2.36. The highest BCUT2D eigenvalue weighted by atomic mass is 16.6. The molecule has 0 aromatic carbocycles. The summed E-state index contributed by atoms with van der Waals surface area (Å²) in [7, 11) is 0. The predicted octanol–water partition coefficient (Wildman–Crippen LogP) is 2.59. The van der Waals surface area contributed by atoms with E-state index in [1.807, 2.05) is 41.5 Å². The molecular formula is C15H25NO2. The fourth-order valence-electron chi connectivity index (χ4n) is 2.54. The van der Waals surface area contributed by atoms with E-state index < -0.39 is 16.7 Å². The maximum atomic E-state index is 12.4. The molecular weight excluding hydrogens is 226 g/mol. The summed E-state index contributed by atoms with van der Waals surface area (Å²) < 4.78 is 5.55. The van der Waals surface area contributed by atoms with Gasteiger partial charge in [0, 0.05) is 6.54 Å². The van der Waals surface area contributed by atoms with Crippen molar-refractivity contribution in [3.8, 4) is 12.3 Å². The fourth-order valence-corrected chi connectivity index (χ4v) is 2.54. The molecule has 0 spiro atoms. The largest absolute Gasteiger partial charge is 0.459 e. The maximum absolute atomic E-state index is 12.4. The molecule has 1 atom stereocenters. The molecule has 102 valence electrons. The number of carbonyl (C=O) groups excluding carboxylic acids is 1. The average Bonchev–Trinajstić information content (AvgIpc) is 2.60. The van der Waals surface area contributed by atoms with E-state index in [1.54, 1.807) is 0 Å². The number of hydrogen-bond donors (Lipinski definition) is 0. The Bertz CT molecular complexity index is 373. The van der Waals surface area contributed by atoms with Gasteiger partial charge >= 0.3 is 5.97 Å². The Morgan fingerprint density at radius 1 is 1.33 bits per heavy atom. The monoisotopic (exact) mass is 251 g/mol. The third-order valence-electron chi connectivity index (χ3n) is 3.51. The Hall–Kier alpha value is -1.01. The van der Waals surface area contributed by atoms with Gasteiger partial charge in [0.2, 0.25) is 0 Å². The molecule has 1 fully saturated rings. The first-order valence-corrected chi connectivity index (χ1v) is 6.52. The lowest BCUT2D eigenvalue weighted by Crippen LogP contribution is -2.58. The Labute approximate surface area is 111 Å². The normalized spacial score (nSPS) is 25.8. The van der Waals surface area contributed by atoms with Crippen molar-refractivity contribution in [2.45, 2.75) is 71.1 Å². The first-order chi connectivity index (χ1) is 8.03. The molecule has 1 unspecified atom stereocenters. The van der Waals surface area contributed by atoms with E-state index in [0.717, 1.165) is 19.4 Å². The highest BCUT2D eigenvalue weighted by Gasteiger charge is 2.50.